The number of anilines is 1. The van der Waals surface area contributed by atoms with E-state index in [9.17, 15) is 13.2 Å². The Bertz CT molecular complexity index is 1270. The minimum absolute atomic E-state index is 0.00595. The third kappa shape index (κ3) is 5.90. The van der Waals surface area contributed by atoms with Gasteiger partial charge in [-0.25, -0.2) is 13.1 Å². The molecule has 1 aliphatic rings. The van der Waals surface area contributed by atoms with Crippen molar-refractivity contribution in [3.8, 4) is 5.75 Å². The number of hydrogen-bond acceptors (Lipinski definition) is 6. The van der Waals surface area contributed by atoms with Crippen LogP contribution in [0.2, 0.25) is 0 Å². The number of aryl methyl sites for hydroxylation is 1. The summed E-state index contributed by atoms with van der Waals surface area (Å²) < 4.78 is 40.1. The molecule has 10 heteroatoms. The van der Waals surface area contributed by atoms with Gasteiger partial charge >= 0.3 is 0 Å². The van der Waals surface area contributed by atoms with Crippen molar-refractivity contribution < 1.29 is 22.7 Å². The number of carbonyl (C=O) groups excluding carboxylic acids is 1. The van der Waals surface area contributed by atoms with Crippen LogP contribution < -0.4 is 10.1 Å². The van der Waals surface area contributed by atoms with E-state index in [1.54, 1.807) is 29.1 Å². The van der Waals surface area contributed by atoms with Crippen LogP contribution in [-0.4, -0.2) is 61.8 Å². The van der Waals surface area contributed by atoms with Crippen LogP contribution in [0.15, 0.2) is 59.6 Å². The van der Waals surface area contributed by atoms with Crippen molar-refractivity contribution >= 4 is 21.7 Å². The zero-order valence-corrected chi connectivity index (χ0v) is 20.8. The standard InChI is InChI=1S/C25H30N4O5S/c1-3-19-4-6-20(7-5-19)18-29-24(10-11-26-29)27-25(30)17-21-8-9-22(33-2)23(16-21)35(31,32)28-12-14-34-15-13-28/h4-11,16H,3,12-15,17-18H2,1-2H3,(H,27,30). The Morgan fingerprint density at radius 1 is 1.06 bits per heavy atom. The number of nitrogens with one attached hydrogen (secondary N) is 1. The van der Waals surface area contributed by atoms with Gasteiger partial charge in [-0.05, 0) is 35.2 Å². The van der Waals surface area contributed by atoms with Gasteiger partial charge in [-0.1, -0.05) is 37.3 Å². The molecular weight excluding hydrogens is 468 g/mol. The van der Waals surface area contributed by atoms with E-state index in [1.807, 2.05) is 0 Å². The molecule has 1 aliphatic heterocycles. The van der Waals surface area contributed by atoms with Gasteiger partial charge in [0.1, 0.15) is 16.5 Å². The highest BCUT2D eigenvalue weighted by molar-refractivity contribution is 7.89. The van der Waals surface area contributed by atoms with Crippen LogP contribution in [0.3, 0.4) is 0 Å². The van der Waals surface area contributed by atoms with Gasteiger partial charge in [0, 0.05) is 19.2 Å². The molecule has 0 saturated carbocycles. The molecule has 3 aromatic rings. The average Bonchev–Trinajstić information content (AvgIpc) is 3.31. The normalized spacial score (nSPS) is 14.6. The Balaban J connectivity index is 1.47. The first-order valence-electron chi connectivity index (χ1n) is 11.5. The molecule has 0 unspecified atom stereocenters. The van der Waals surface area contributed by atoms with Crippen LogP contribution in [-0.2, 0) is 38.9 Å². The molecule has 4 rings (SSSR count). The Labute approximate surface area is 205 Å². The first-order valence-corrected chi connectivity index (χ1v) is 13.0. The van der Waals surface area contributed by atoms with E-state index in [0.717, 1.165) is 12.0 Å². The van der Waals surface area contributed by atoms with Gasteiger partial charge in [-0.15, -0.1) is 0 Å². The third-order valence-electron chi connectivity index (χ3n) is 5.93. The maximum Gasteiger partial charge on any atom is 0.246 e. The van der Waals surface area contributed by atoms with E-state index in [0.29, 0.717) is 31.1 Å². The summed E-state index contributed by atoms with van der Waals surface area (Å²) in [6.45, 7) is 3.89. The maximum absolute atomic E-state index is 13.2. The van der Waals surface area contributed by atoms with Crippen LogP contribution >= 0.6 is 0 Å². The molecule has 1 fully saturated rings. The molecule has 35 heavy (non-hydrogen) atoms. The highest BCUT2D eigenvalue weighted by atomic mass is 32.2. The smallest absolute Gasteiger partial charge is 0.246 e. The SMILES string of the molecule is CCc1ccc(Cn2nccc2NC(=O)Cc2ccc(OC)c(S(=O)(=O)N3CCOCC3)c2)cc1. The molecule has 0 atom stereocenters. The quantitative estimate of drug-likeness (QED) is 0.487. The summed E-state index contributed by atoms with van der Waals surface area (Å²) in [5.74, 6) is 0.546. The molecule has 1 saturated heterocycles. The predicted octanol–water partition coefficient (Wildman–Crippen LogP) is 2.70. The minimum Gasteiger partial charge on any atom is -0.495 e. The van der Waals surface area contributed by atoms with E-state index in [4.69, 9.17) is 9.47 Å². The number of ether oxygens (including phenoxy) is 2. The van der Waals surface area contributed by atoms with Crippen molar-refractivity contribution in [3.05, 3.63) is 71.4 Å². The van der Waals surface area contributed by atoms with Gasteiger partial charge in [0.15, 0.2) is 0 Å². The largest absolute Gasteiger partial charge is 0.495 e. The van der Waals surface area contributed by atoms with Crippen molar-refractivity contribution in [2.45, 2.75) is 31.2 Å². The Morgan fingerprint density at radius 2 is 1.74 bits per heavy atom. The molecule has 1 N–H and O–H groups in total. The van der Waals surface area contributed by atoms with Crippen LogP contribution in [0.1, 0.15) is 23.6 Å². The lowest BCUT2D eigenvalue weighted by molar-refractivity contribution is -0.115. The Hall–Kier alpha value is -3.21. The number of benzene rings is 2. The van der Waals surface area contributed by atoms with E-state index >= 15 is 0 Å². The second kappa shape index (κ2) is 11.0. The van der Waals surface area contributed by atoms with Crippen LogP contribution in [0.4, 0.5) is 5.82 Å². The van der Waals surface area contributed by atoms with Gasteiger partial charge in [-0.2, -0.15) is 9.40 Å². The highest BCUT2D eigenvalue weighted by Gasteiger charge is 2.29. The molecule has 1 aromatic heterocycles. The van der Waals surface area contributed by atoms with Gasteiger partial charge in [0.2, 0.25) is 15.9 Å². The van der Waals surface area contributed by atoms with E-state index in [-0.39, 0.29) is 36.1 Å². The monoisotopic (exact) mass is 498 g/mol. The average molecular weight is 499 g/mol. The minimum atomic E-state index is -3.78. The maximum atomic E-state index is 13.2. The molecule has 1 amide bonds. The lowest BCUT2D eigenvalue weighted by Crippen LogP contribution is -2.40. The van der Waals surface area contributed by atoms with E-state index in [1.165, 1.54) is 23.0 Å². The predicted molar refractivity (Wildman–Crippen MR) is 132 cm³/mol. The summed E-state index contributed by atoms with van der Waals surface area (Å²) in [7, 11) is -2.35. The van der Waals surface area contributed by atoms with Gasteiger partial charge in [-0.3, -0.25) is 4.79 Å². The molecule has 0 radical (unpaired) electrons. The summed E-state index contributed by atoms with van der Waals surface area (Å²) in [4.78, 5) is 12.9. The van der Waals surface area contributed by atoms with Crippen LogP contribution in [0.25, 0.3) is 0 Å². The fraction of sp³-hybridized carbons (Fsp3) is 0.360. The van der Waals surface area contributed by atoms with Crippen molar-refractivity contribution in [1.82, 2.24) is 14.1 Å². The zero-order valence-electron chi connectivity index (χ0n) is 19.9. The fourth-order valence-electron chi connectivity index (χ4n) is 3.95. The number of aromatic nitrogens is 2. The van der Waals surface area contributed by atoms with Gasteiger partial charge in [0.05, 0.1) is 39.5 Å². The topological polar surface area (TPSA) is 103 Å². The second-order valence-electron chi connectivity index (χ2n) is 8.27. The summed E-state index contributed by atoms with van der Waals surface area (Å²) in [5.41, 5.74) is 2.91. The third-order valence-corrected chi connectivity index (χ3v) is 7.85. The first kappa shape index (κ1) is 24.9. The highest BCUT2D eigenvalue weighted by Crippen LogP contribution is 2.28. The van der Waals surface area contributed by atoms with Crippen molar-refractivity contribution in [3.63, 3.8) is 0 Å². The Morgan fingerprint density at radius 3 is 2.43 bits per heavy atom. The van der Waals surface area contributed by atoms with Crippen molar-refractivity contribution in [2.24, 2.45) is 0 Å². The number of methoxy groups -OCH3 is 1. The van der Waals surface area contributed by atoms with Crippen molar-refractivity contribution in [1.29, 1.82) is 0 Å². The number of carbonyl (C=O) groups is 1. The molecule has 0 bridgehead atoms. The van der Waals surface area contributed by atoms with E-state index in [2.05, 4.69) is 41.6 Å². The van der Waals surface area contributed by atoms with E-state index < -0.39 is 10.0 Å². The number of amides is 1. The molecule has 0 spiro atoms. The molecule has 186 valence electrons. The zero-order chi connectivity index (χ0) is 24.8. The second-order valence-corrected chi connectivity index (χ2v) is 10.2. The number of rotatable bonds is 9. The summed E-state index contributed by atoms with van der Waals surface area (Å²) >= 11 is 0. The number of sulfonamides is 1. The number of morpholine rings is 1. The van der Waals surface area contributed by atoms with Gasteiger partial charge < -0.3 is 14.8 Å². The van der Waals surface area contributed by atoms with Crippen LogP contribution in [0.5, 0.6) is 5.75 Å². The number of hydrogen-bond donors (Lipinski definition) is 1. The number of nitrogens with zero attached hydrogens (tertiary/aromatic N) is 3. The molecule has 9 nitrogen and oxygen atoms in total. The Kier molecular flexibility index (Phi) is 7.84. The summed E-state index contributed by atoms with van der Waals surface area (Å²) in [5, 5.41) is 7.21. The lowest BCUT2D eigenvalue weighted by atomic mass is 10.1. The van der Waals surface area contributed by atoms with Gasteiger partial charge in [0.25, 0.3) is 0 Å². The molecular formula is C25H30N4O5S. The fourth-order valence-corrected chi connectivity index (χ4v) is 5.56. The summed E-state index contributed by atoms with van der Waals surface area (Å²) in [6.07, 6.45) is 2.62. The lowest BCUT2D eigenvalue weighted by Gasteiger charge is -2.26. The molecule has 0 aliphatic carbocycles. The molecule has 2 aromatic carbocycles. The first-order chi connectivity index (χ1) is 16.9. The summed E-state index contributed by atoms with van der Waals surface area (Å²) in [6, 6.07) is 14.8. The van der Waals surface area contributed by atoms with Crippen molar-refractivity contribution in [2.75, 3.05) is 38.7 Å². The molecule has 2 heterocycles. The van der Waals surface area contributed by atoms with Crippen LogP contribution in [0, 0.1) is 0 Å².